The van der Waals surface area contributed by atoms with E-state index in [0.29, 0.717) is 31.2 Å². The molecule has 0 spiro atoms. The normalized spacial score (nSPS) is 24.2. The van der Waals surface area contributed by atoms with Crippen molar-refractivity contribution in [1.82, 2.24) is 47.9 Å². The van der Waals surface area contributed by atoms with E-state index in [1.54, 1.807) is 30.3 Å². The van der Waals surface area contributed by atoms with E-state index in [1.807, 2.05) is 13.8 Å². The number of amides is 9. The van der Waals surface area contributed by atoms with Crippen molar-refractivity contribution in [2.45, 2.75) is 165 Å². The van der Waals surface area contributed by atoms with E-state index in [-0.39, 0.29) is 83.6 Å². The van der Waals surface area contributed by atoms with Gasteiger partial charge in [0.25, 0.3) is 0 Å². The van der Waals surface area contributed by atoms with Crippen LogP contribution in [0.3, 0.4) is 0 Å². The molecule has 9 amide bonds. The van der Waals surface area contributed by atoms with Gasteiger partial charge < -0.3 is 86.7 Å². The summed E-state index contributed by atoms with van der Waals surface area (Å²) in [7, 11) is 0. The molecule has 25 heteroatoms. The molecule has 0 aliphatic carbocycles. The molecule has 11 atom stereocenters. The highest BCUT2D eigenvalue weighted by molar-refractivity contribution is 5.98. The van der Waals surface area contributed by atoms with Crippen LogP contribution in [0, 0.1) is 5.92 Å². The fourth-order valence-electron chi connectivity index (χ4n) is 7.65. The number of carbonyl (C=O) groups is 9. The maximum Gasteiger partial charge on any atom is 0.245 e. The largest absolute Gasteiger partial charge is 0.391 e. The van der Waals surface area contributed by atoms with E-state index in [4.69, 9.17) is 28.7 Å². The molecular formula is C47H82N14O11. The Morgan fingerprint density at radius 3 is 1.65 bits per heavy atom. The molecule has 1 aromatic rings. The lowest BCUT2D eigenvalue weighted by molar-refractivity contribution is -0.136. The summed E-state index contributed by atoms with van der Waals surface area (Å²) in [6.07, 6.45) is -1.77. The number of aliphatic hydroxyl groups is 2. The lowest BCUT2D eigenvalue weighted by atomic mass is 10.00. The van der Waals surface area contributed by atoms with Crippen LogP contribution < -0.4 is 76.5 Å². The maximum atomic E-state index is 14.5. The van der Waals surface area contributed by atoms with Crippen LogP contribution in [0.25, 0.3) is 0 Å². The quantitative estimate of drug-likeness (QED) is 0.0483. The number of hydrogen-bond donors (Lipinski definition) is 16. The zero-order chi connectivity index (χ0) is 53.9. The molecule has 0 unspecified atom stereocenters. The predicted octanol–water partition coefficient (Wildman–Crippen LogP) is -5.28. The Bertz CT molecular complexity index is 1910. The minimum Gasteiger partial charge on any atom is -0.391 e. The number of hydrogen-bond acceptors (Lipinski definition) is 16. The van der Waals surface area contributed by atoms with Gasteiger partial charge in [0.15, 0.2) is 0 Å². The molecule has 0 saturated carbocycles. The smallest absolute Gasteiger partial charge is 0.245 e. The van der Waals surface area contributed by atoms with E-state index >= 15 is 0 Å². The van der Waals surface area contributed by atoms with Crippen LogP contribution in [0.2, 0.25) is 0 Å². The summed E-state index contributed by atoms with van der Waals surface area (Å²) in [5.41, 5.74) is 29.6. The van der Waals surface area contributed by atoms with Crippen LogP contribution in [0.1, 0.15) is 97.5 Å². The Kier molecular flexibility index (Phi) is 28.6. The average Bonchev–Trinajstić information content (AvgIpc) is 3.33. The molecule has 1 saturated heterocycles. The van der Waals surface area contributed by atoms with E-state index in [1.165, 1.54) is 13.8 Å². The molecule has 72 heavy (non-hydrogen) atoms. The first-order valence-corrected chi connectivity index (χ1v) is 24.8. The highest BCUT2D eigenvalue weighted by Gasteiger charge is 2.36. The molecule has 1 aliphatic heterocycles. The molecule has 1 aromatic carbocycles. The molecule has 0 bridgehead atoms. The standard InChI is InChI=1S/C47H82N14O11/c1-26(2)24-35-44(69)56-32(16-21-50)41(66)55-33(17-22-51)43(68)61-38(28(4)63)47(72)53-23-18-34(57-39(64)31(15-9-11-20-49)58-46(71)37(52)27(3)62)42(67)54-30(14-8-10-19-48)40(65)60-36(45(70)59-35)25-29-12-6-5-7-13-29/h5-7,12-13,26-28,30-38,62-63H,8-11,14-25,48-52H2,1-4H3,(H,53,72)(H,54,67)(H,55,66)(H,56,69)(H,57,64)(H,58,71)(H,59,70)(H,60,65)(H,61,68)/t27-,28-,30-,31+,32+,33-,34-,35-,36-,37+,38+/m1/s1. The van der Waals surface area contributed by atoms with Gasteiger partial charge in [0.1, 0.15) is 54.4 Å². The number of unbranched alkanes of at least 4 members (excludes halogenated alkanes) is 2. The topological polar surface area (TPSA) is 432 Å². The Labute approximate surface area is 421 Å². The maximum absolute atomic E-state index is 14.5. The van der Waals surface area contributed by atoms with Gasteiger partial charge in [-0.3, -0.25) is 43.2 Å². The van der Waals surface area contributed by atoms with Crippen molar-refractivity contribution < 1.29 is 53.4 Å². The van der Waals surface area contributed by atoms with Gasteiger partial charge in [-0.25, -0.2) is 0 Å². The van der Waals surface area contributed by atoms with Crippen molar-refractivity contribution >= 4 is 53.2 Å². The molecule has 25 nitrogen and oxygen atoms in total. The van der Waals surface area contributed by atoms with Gasteiger partial charge in [0, 0.05) is 13.0 Å². The van der Waals surface area contributed by atoms with Crippen molar-refractivity contribution in [2.75, 3.05) is 32.7 Å². The molecule has 21 N–H and O–H groups in total. The molecule has 0 aromatic heterocycles. The fraction of sp³-hybridized carbons (Fsp3) is 0.681. The van der Waals surface area contributed by atoms with Crippen molar-refractivity contribution in [2.24, 2.45) is 34.6 Å². The molecule has 1 aliphatic rings. The van der Waals surface area contributed by atoms with Crippen molar-refractivity contribution in [3.05, 3.63) is 35.9 Å². The number of nitrogens with one attached hydrogen (secondary N) is 9. The Morgan fingerprint density at radius 2 is 1.11 bits per heavy atom. The molecular weight excluding hydrogens is 937 g/mol. The Balaban J connectivity index is 2.80. The minimum atomic E-state index is -1.63. The number of benzene rings is 1. The highest BCUT2D eigenvalue weighted by atomic mass is 16.3. The second-order valence-electron chi connectivity index (χ2n) is 18.5. The van der Waals surface area contributed by atoms with Crippen molar-refractivity contribution in [1.29, 1.82) is 0 Å². The third kappa shape index (κ3) is 21.9. The number of carbonyl (C=O) groups excluding carboxylic acids is 9. The van der Waals surface area contributed by atoms with E-state index in [2.05, 4.69) is 47.9 Å². The van der Waals surface area contributed by atoms with Crippen LogP contribution in [-0.4, -0.2) is 163 Å². The first-order valence-electron chi connectivity index (χ1n) is 24.8. The lowest BCUT2D eigenvalue weighted by Crippen LogP contribution is -2.61. The Hall–Kier alpha value is -5.83. The monoisotopic (exact) mass is 1020 g/mol. The van der Waals surface area contributed by atoms with E-state index in [9.17, 15) is 53.4 Å². The zero-order valence-corrected chi connectivity index (χ0v) is 42.1. The minimum absolute atomic E-state index is 0.00471. The van der Waals surface area contributed by atoms with E-state index in [0.717, 1.165) is 0 Å². The summed E-state index contributed by atoms with van der Waals surface area (Å²) >= 11 is 0. The van der Waals surface area contributed by atoms with Gasteiger partial charge in [0.2, 0.25) is 53.2 Å². The van der Waals surface area contributed by atoms with E-state index < -0.39 is 120 Å². The van der Waals surface area contributed by atoms with Crippen LogP contribution in [0.15, 0.2) is 30.3 Å². The fourth-order valence-corrected chi connectivity index (χ4v) is 7.65. The first-order chi connectivity index (χ1) is 34.2. The SMILES string of the molecule is CC(C)C[C@H]1NC(=O)[C@@H](Cc2ccccc2)NC(=O)[C@@H](CCCCN)NC(=O)[C@H](NC(=O)[C@H](CCCCN)NC(=O)[C@@H](N)[C@@H](C)O)CCNC(=O)[C@H]([C@@H](C)O)NC(=O)[C@@H](CCN)NC(=O)[C@H](CCN)NC1=O. The first kappa shape index (κ1) is 62.3. The average molecular weight is 1020 g/mol. The van der Waals surface area contributed by atoms with Gasteiger partial charge in [-0.1, -0.05) is 44.2 Å². The summed E-state index contributed by atoms with van der Waals surface area (Å²) in [4.78, 5) is 126. The van der Waals surface area contributed by atoms with Crippen LogP contribution in [0.4, 0.5) is 0 Å². The van der Waals surface area contributed by atoms with Gasteiger partial charge >= 0.3 is 0 Å². The molecule has 1 fully saturated rings. The van der Waals surface area contributed by atoms with Crippen LogP contribution >= 0.6 is 0 Å². The summed E-state index contributed by atoms with van der Waals surface area (Å²) in [5.74, 6) is -7.84. The lowest BCUT2D eigenvalue weighted by Gasteiger charge is -2.28. The zero-order valence-electron chi connectivity index (χ0n) is 42.1. The summed E-state index contributed by atoms with van der Waals surface area (Å²) in [5, 5.41) is 44.2. The number of rotatable bonds is 22. The van der Waals surface area contributed by atoms with Crippen LogP contribution in [-0.2, 0) is 49.6 Å². The van der Waals surface area contributed by atoms with Gasteiger partial charge in [-0.05, 0) is 116 Å². The summed E-state index contributed by atoms with van der Waals surface area (Å²) in [6.45, 7) is 6.07. The Morgan fingerprint density at radius 1 is 0.611 bits per heavy atom. The molecule has 0 radical (unpaired) electrons. The third-order valence-electron chi connectivity index (χ3n) is 11.8. The van der Waals surface area contributed by atoms with Gasteiger partial charge in [-0.2, -0.15) is 0 Å². The molecule has 406 valence electrons. The van der Waals surface area contributed by atoms with Crippen molar-refractivity contribution in [3.8, 4) is 0 Å². The van der Waals surface area contributed by atoms with Crippen LogP contribution in [0.5, 0.6) is 0 Å². The van der Waals surface area contributed by atoms with Gasteiger partial charge in [-0.15, -0.1) is 0 Å². The number of aliphatic hydroxyl groups excluding tert-OH is 2. The molecule has 2 rings (SSSR count). The second kappa shape index (κ2) is 33.0. The van der Waals surface area contributed by atoms with Gasteiger partial charge in [0.05, 0.1) is 12.2 Å². The summed E-state index contributed by atoms with van der Waals surface area (Å²) in [6, 6.07) is -3.80. The highest BCUT2D eigenvalue weighted by Crippen LogP contribution is 2.12. The summed E-state index contributed by atoms with van der Waals surface area (Å²) < 4.78 is 0. The third-order valence-corrected chi connectivity index (χ3v) is 11.8. The number of nitrogens with two attached hydrogens (primary N) is 5. The molecule has 1 heterocycles. The second-order valence-corrected chi connectivity index (χ2v) is 18.5. The van der Waals surface area contributed by atoms with Crippen molar-refractivity contribution in [3.63, 3.8) is 0 Å². The predicted molar refractivity (Wildman–Crippen MR) is 267 cm³/mol.